The van der Waals surface area contributed by atoms with E-state index in [0.29, 0.717) is 23.6 Å². The zero-order valence-corrected chi connectivity index (χ0v) is 14.3. The normalized spacial score (nSPS) is 11.2. The Morgan fingerprint density at radius 2 is 1.96 bits per heavy atom. The van der Waals surface area contributed by atoms with Crippen LogP contribution in [0.15, 0.2) is 47.4 Å². The Balaban J connectivity index is 1.98. The van der Waals surface area contributed by atoms with Crippen molar-refractivity contribution >= 4 is 5.65 Å². The number of aromatic amines is 2. The highest BCUT2D eigenvalue weighted by molar-refractivity contribution is 5.81. The van der Waals surface area contributed by atoms with E-state index in [9.17, 15) is 4.79 Å². The molecule has 3 heterocycles. The molecule has 0 unspecified atom stereocenters. The summed E-state index contributed by atoms with van der Waals surface area (Å²) in [7, 11) is 3.23. The van der Waals surface area contributed by atoms with Gasteiger partial charge in [-0.3, -0.25) is 15.0 Å². The van der Waals surface area contributed by atoms with Gasteiger partial charge in [0.15, 0.2) is 5.65 Å². The summed E-state index contributed by atoms with van der Waals surface area (Å²) in [5.41, 5.74) is 4.02. The molecule has 132 valence electrons. The lowest BCUT2D eigenvalue weighted by Gasteiger charge is -2.05. The molecule has 0 aliphatic heterocycles. The predicted molar refractivity (Wildman–Crippen MR) is 96.1 cm³/mol. The molecule has 0 saturated carbocycles. The molecule has 26 heavy (non-hydrogen) atoms. The fraction of sp³-hybridized carbons (Fsp3) is 0.167. The molecular weight excluding hydrogens is 334 g/mol. The first-order valence-corrected chi connectivity index (χ1v) is 7.99. The van der Waals surface area contributed by atoms with Gasteiger partial charge in [0.1, 0.15) is 5.75 Å². The molecule has 0 aliphatic rings. The second-order valence-electron chi connectivity index (χ2n) is 5.74. The summed E-state index contributed by atoms with van der Waals surface area (Å²) in [6.45, 7) is 0.323. The Labute approximate surface area is 148 Å². The number of rotatable bonds is 5. The molecule has 0 atom stereocenters. The molecular formula is C18H17N5O3. The Morgan fingerprint density at radius 3 is 2.62 bits per heavy atom. The van der Waals surface area contributed by atoms with Gasteiger partial charge in [-0.1, -0.05) is 12.1 Å². The summed E-state index contributed by atoms with van der Waals surface area (Å²) < 4.78 is 11.9. The van der Waals surface area contributed by atoms with Gasteiger partial charge in [0.2, 0.25) is 0 Å². The average molecular weight is 351 g/mol. The second kappa shape index (κ2) is 6.49. The number of hydrogen-bond acceptors (Lipinski definition) is 5. The molecule has 0 bridgehead atoms. The second-order valence-corrected chi connectivity index (χ2v) is 5.74. The highest BCUT2D eigenvalue weighted by atomic mass is 16.5. The Kier molecular flexibility index (Phi) is 4.02. The first kappa shape index (κ1) is 16.1. The number of nitrogens with zero attached hydrogens (tertiary/aromatic N) is 3. The van der Waals surface area contributed by atoms with E-state index >= 15 is 0 Å². The van der Waals surface area contributed by atoms with Crippen LogP contribution in [0, 0.1) is 0 Å². The molecule has 4 rings (SSSR count). The summed E-state index contributed by atoms with van der Waals surface area (Å²) in [4.78, 5) is 17.3. The van der Waals surface area contributed by atoms with Crippen LogP contribution in [-0.2, 0) is 11.3 Å². The van der Waals surface area contributed by atoms with Crippen LogP contribution in [0.2, 0.25) is 0 Å². The van der Waals surface area contributed by atoms with Crippen molar-refractivity contribution in [2.24, 2.45) is 0 Å². The first-order valence-electron chi connectivity index (χ1n) is 7.99. The third-order valence-electron chi connectivity index (χ3n) is 4.13. The maximum atomic E-state index is 12.6. The number of H-pyrrole nitrogens is 2. The minimum Gasteiger partial charge on any atom is -0.497 e. The number of methoxy groups -OCH3 is 2. The highest BCUT2D eigenvalue weighted by Crippen LogP contribution is 2.29. The highest BCUT2D eigenvalue weighted by Gasteiger charge is 2.18. The first-order chi connectivity index (χ1) is 12.7. The van der Waals surface area contributed by atoms with E-state index in [0.717, 1.165) is 22.6 Å². The zero-order chi connectivity index (χ0) is 18.1. The monoisotopic (exact) mass is 351 g/mol. The van der Waals surface area contributed by atoms with Gasteiger partial charge in [0, 0.05) is 24.9 Å². The Hall–Kier alpha value is -3.39. The number of hydrogen-bond donors (Lipinski definition) is 2. The third kappa shape index (κ3) is 2.66. The number of benzene rings is 1. The van der Waals surface area contributed by atoms with Crippen molar-refractivity contribution in [3.8, 4) is 28.3 Å². The van der Waals surface area contributed by atoms with Crippen LogP contribution in [0.5, 0.6) is 5.75 Å². The van der Waals surface area contributed by atoms with Crippen LogP contribution >= 0.6 is 0 Å². The Morgan fingerprint density at radius 1 is 1.15 bits per heavy atom. The van der Waals surface area contributed by atoms with E-state index in [4.69, 9.17) is 9.47 Å². The van der Waals surface area contributed by atoms with Crippen molar-refractivity contribution in [3.63, 3.8) is 0 Å². The van der Waals surface area contributed by atoms with E-state index in [1.54, 1.807) is 26.5 Å². The lowest BCUT2D eigenvalue weighted by molar-refractivity contribution is 0.181. The zero-order valence-electron chi connectivity index (χ0n) is 14.3. The molecule has 3 aromatic heterocycles. The van der Waals surface area contributed by atoms with Crippen molar-refractivity contribution in [1.29, 1.82) is 0 Å². The van der Waals surface area contributed by atoms with E-state index in [1.165, 1.54) is 10.6 Å². The number of aromatic nitrogens is 5. The molecule has 8 nitrogen and oxygen atoms in total. The van der Waals surface area contributed by atoms with Crippen LogP contribution in [0.3, 0.4) is 0 Å². The maximum Gasteiger partial charge on any atom is 0.273 e. The molecule has 1 aromatic carbocycles. The summed E-state index contributed by atoms with van der Waals surface area (Å²) in [5.74, 6) is 0.755. The van der Waals surface area contributed by atoms with Crippen molar-refractivity contribution < 1.29 is 9.47 Å². The van der Waals surface area contributed by atoms with Crippen molar-refractivity contribution in [3.05, 3.63) is 58.6 Å². The topological polar surface area (TPSA) is 97.3 Å². The lowest BCUT2D eigenvalue weighted by atomic mass is 10.1. The van der Waals surface area contributed by atoms with Gasteiger partial charge in [-0.15, -0.1) is 0 Å². The largest absolute Gasteiger partial charge is 0.497 e. The number of fused-ring (bicyclic) bond motifs is 1. The third-order valence-corrected chi connectivity index (χ3v) is 4.13. The minimum atomic E-state index is -0.211. The van der Waals surface area contributed by atoms with Crippen LogP contribution < -0.4 is 10.3 Å². The molecule has 0 aliphatic carbocycles. The maximum absolute atomic E-state index is 12.6. The van der Waals surface area contributed by atoms with Crippen LogP contribution in [0.25, 0.3) is 28.2 Å². The summed E-state index contributed by atoms with van der Waals surface area (Å²) in [6, 6.07) is 10.8. The molecule has 2 N–H and O–H groups in total. The summed E-state index contributed by atoms with van der Waals surface area (Å²) in [6.07, 6.45) is 1.62. The average Bonchev–Trinajstić information content (AvgIpc) is 3.30. The molecule has 0 spiro atoms. The van der Waals surface area contributed by atoms with E-state index in [-0.39, 0.29) is 5.56 Å². The van der Waals surface area contributed by atoms with Crippen LogP contribution in [0.4, 0.5) is 0 Å². The Bertz CT molecular complexity index is 1090. The van der Waals surface area contributed by atoms with Crippen LogP contribution in [0.1, 0.15) is 5.69 Å². The fourth-order valence-electron chi connectivity index (χ4n) is 2.93. The van der Waals surface area contributed by atoms with E-state index in [2.05, 4.69) is 20.3 Å². The molecule has 4 aromatic rings. The fourth-order valence-corrected chi connectivity index (χ4v) is 2.93. The van der Waals surface area contributed by atoms with Crippen molar-refractivity contribution in [2.45, 2.75) is 6.61 Å². The minimum absolute atomic E-state index is 0.211. The van der Waals surface area contributed by atoms with Crippen molar-refractivity contribution in [2.75, 3.05) is 14.2 Å². The van der Waals surface area contributed by atoms with Gasteiger partial charge in [-0.05, 0) is 23.8 Å². The van der Waals surface area contributed by atoms with Crippen LogP contribution in [-0.4, -0.2) is 39.0 Å². The molecule has 8 heteroatoms. The predicted octanol–water partition coefficient (Wildman–Crippen LogP) is 2.23. The van der Waals surface area contributed by atoms with Gasteiger partial charge in [-0.2, -0.15) is 5.10 Å². The van der Waals surface area contributed by atoms with Gasteiger partial charge in [0.05, 0.1) is 30.8 Å². The molecule has 0 fully saturated rings. The number of ether oxygens (including phenoxy) is 2. The van der Waals surface area contributed by atoms with Crippen molar-refractivity contribution in [1.82, 2.24) is 24.8 Å². The quantitative estimate of drug-likeness (QED) is 0.575. The summed E-state index contributed by atoms with van der Waals surface area (Å²) in [5, 5.41) is 9.86. The van der Waals surface area contributed by atoms with Gasteiger partial charge in [0.25, 0.3) is 5.56 Å². The molecule has 0 saturated heterocycles. The lowest BCUT2D eigenvalue weighted by Crippen LogP contribution is -2.14. The van der Waals surface area contributed by atoms with E-state index in [1.807, 2.05) is 24.3 Å². The van der Waals surface area contributed by atoms with Gasteiger partial charge < -0.3 is 9.47 Å². The standard InChI is InChI=1S/C18H17N5O3/c1-25-10-15-17(11-3-5-12(26-2)6-4-11)18-20-14(13-7-8-19-21-13)9-16(24)23(18)22-15/h3-9,22H,10H2,1-2H3,(H,19,21). The number of nitrogens with one attached hydrogen (secondary N) is 2. The van der Waals surface area contributed by atoms with Gasteiger partial charge >= 0.3 is 0 Å². The molecule has 0 radical (unpaired) electrons. The SMILES string of the molecule is COCc1[nH]n2c(=O)cc(-c3ccn[nH]3)nc2c1-c1ccc(OC)cc1. The smallest absolute Gasteiger partial charge is 0.273 e. The summed E-state index contributed by atoms with van der Waals surface area (Å²) >= 11 is 0. The molecule has 0 amide bonds. The van der Waals surface area contributed by atoms with Gasteiger partial charge in [-0.25, -0.2) is 9.50 Å². The van der Waals surface area contributed by atoms with E-state index < -0.39 is 0 Å².